The van der Waals surface area contributed by atoms with Crippen LogP contribution in [0.2, 0.25) is 12.1 Å². The van der Waals surface area contributed by atoms with Crippen molar-refractivity contribution in [1.82, 2.24) is 5.32 Å². The minimum atomic E-state index is -1.84. The van der Waals surface area contributed by atoms with Crippen molar-refractivity contribution in [1.29, 1.82) is 0 Å². The molecular weight excluding hydrogens is 218 g/mol. The molecule has 0 saturated carbocycles. The Balaban J connectivity index is 3.71. The van der Waals surface area contributed by atoms with Crippen LogP contribution in [0.5, 0.6) is 0 Å². The van der Waals surface area contributed by atoms with Gasteiger partial charge in [0.15, 0.2) is 0 Å². The topological polar surface area (TPSA) is 30.5 Å². The van der Waals surface area contributed by atoms with Gasteiger partial charge < -0.3 is 14.2 Å². The summed E-state index contributed by atoms with van der Waals surface area (Å²) in [5.74, 6) is 0. The number of hydrogen-bond acceptors (Lipinski definition) is 3. The van der Waals surface area contributed by atoms with Gasteiger partial charge >= 0.3 is 8.56 Å². The molecule has 0 aromatic heterocycles. The molecule has 0 amide bonds. The number of nitrogens with one attached hydrogen (secondary N) is 1. The molecule has 4 heteroatoms. The molecule has 0 heterocycles. The van der Waals surface area contributed by atoms with Crippen molar-refractivity contribution in [3.63, 3.8) is 0 Å². The zero-order chi connectivity index (χ0) is 12.7. The number of hydrogen-bond donors (Lipinski definition) is 1. The maximum atomic E-state index is 5.58. The van der Waals surface area contributed by atoms with E-state index in [4.69, 9.17) is 8.85 Å². The quantitative estimate of drug-likeness (QED) is 0.528. The van der Waals surface area contributed by atoms with Crippen molar-refractivity contribution < 1.29 is 8.85 Å². The second kappa shape index (κ2) is 7.43. The smallest absolute Gasteiger partial charge is 0.337 e. The lowest BCUT2D eigenvalue weighted by Crippen LogP contribution is -2.39. The van der Waals surface area contributed by atoms with E-state index in [2.05, 4.69) is 33.0 Å². The third kappa shape index (κ3) is 6.63. The zero-order valence-electron chi connectivity index (χ0n) is 11.9. The SMILES string of the molecule is CC[Si](CCCCNC(C)(C)C)(OC)OC. The van der Waals surface area contributed by atoms with E-state index in [-0.39, 0.29) is 5.54 Å². The van der Waals surface area contributed by atoms with Crippen molar-refractivity contribution in [3.05, 3.63) is 0 Å². The fourth-order valence-corrected chi connectivity index (χ4v) is 4.03. The highest BCUT2D eigenvalue weighted by Crippen LogP contribution is 2.19. The van der Waals surface area contributed by atoms with Gasteiger partial charge in [-0.1, -0.05) is 13.3 Å². The maximum Gasteiger partial charge on any atom is 0.337 e. The van der Waals surface area contributed by atoms with Gasteiger partial charge in [0.25, 0.3) is 0 Å². The van der Waals surface area contributed by atoms with Gasteiger partial charge in [0, 0.05) is 19.8 Å². The van der Waals surface area contributed by atoms with E-state index in [1.54, 1.807) is 14.2 Å². The van der Waals surface area contributed by atoms with Crippen LogP contribution < -0.4 is 5.32 Å². The molecule has 0 aliphatic heterocycles. The van der Waals surface area contributed by atoms with E-state index < -0.39 is 8.56 Å². The summed E-state index contributed by atoms with van der Waals surface area (Å²) < 4.78 is 11.2. The Bertz CT molecular complexity index is 168. The molecule has 0 aliphatic rings. The molecule has 0 aromatic rings. The molecule has 0 unspecified atom stereocenters. The molecule has 16 heavy (non-hydrogen) atoms. The van der Waals surface area contributed by atoms with Crippen LogP contribution in [0.1, 0.15) is 40.5 Å². The standard InChI is InChI=1S/C12H29NO2Si/c1-7-16(14-5,15-6)11-9-8-10-13-12(2,3)4/h13H,7-11H2,1-6H3. The minimum Gasteiger partial charge on any atom is -0.398 e. The minimum absolute atomic E-state index is 0.224. The van der Waals surface area contributed by atoms with Gasteiger partial charge in [-0.15, -0.1) is 0 Å². The fourth-order valence-electron chi connectivity index (χ4n) is 1.74. The molecule has 0 saturated heterocycles. The molecule has 0 atom stereocenters. The molecule has 0 radical (unpaired) electrons. The molecule has 0 aromatic carbocycles. The van der Waals surface area contributed by atoms with Gasteiger partial charge in [0.1, 0.15) is 0 Å². The van der Waals surface area contributed by atoms with E-state index in [1.165, 1.54) is 12.8 Å². The van der Waals surface area contributed by atoms with Crippen LogP contribution in [0.15, 0.2) is 0 Å². The number of unbranched alkanes of at least 4 members (excludes halogenated alkanes) is 1. The molecular formula is C12H29NO2Si. The van der Waals surface area contributed by atoms with Crippen LogP contribution in [-0.4, -0.2) is 34.9 Å². The summed E-state index contributed by atoms with van der Waals surface area (Å²) in [6, 6.07) is 2.13. The van der Waals surface area contributed by atoms with E-state index in [0.29, 0.717) is 0 Å². The zero-order valence-corrected chi connectivity index (χ0v) is 12.9. The highest BCUT2D eigenvalue weighted by Gasteiger charge is 2.32. The first-order valence-corrected chi connectivity index (χ1v) is 8.47. The second-order valence-corrected chi connectivity index (χ2v) is 9.15. The molecule has 0 fully saturated rings. The molecule has 3 nitrogen and oxygen atoms in total. The summed E-state index contributed by atoms with van der Waals surface area (Å²) in [7, 11) is 1.73. The van der Waals surface area contributed by atoms with Crippen molar-refractivity contribution in [2.75, 3.05) is 20.8 Å². The molecule has 98 valence electrons. The molecule has 0 rings (SSSR count). The van der Waals surface area contributed by atoms with Crippen LogP contribution in [-0.2, 0) is 8.85 Å². The maximum absolute atomic E-state index is 5.58. The lowest BCUT2D eigenvalue weighted by molar-refractivity contribution is 0.241. The second-order valence-electron chi connectivity index (χ2n) is 5.31. The van der Waals surface area contributed by atoms with Crippen molar-refractivity contribution in [2.24, 2.45) is 0 Å². The third-order valence-corrected chi connectivity index (χ3v) is 6.60. The predicted molar refractivity (Wildman–Crippen MR) is 72.0 cm³/mol. The Morgan fingerprint density at radius 2 is 1.62 bits per heavy atom. The van der Waals surface area contributed by atoms with E-state index in [9.17, 15) is 0 Å². The Morgan fingerprint density at radius 3 is 2.00 bits per heavy atom. The van der Waals surface area contributed by atoms with E-state index in [1.807, 2.05) is 0 Å². The molecule has 0 aliphatic carbocycles. The summed E-state index contributed by atoms with van der Waals surface area (Å²) in [4.78, 5) is 0. The monoisotopic (exact) mass is 247 g/mol. The summed E-state index contributed by atoms with van der Waals surface area (Å²) in [6.45, 7) is 9.82. The average molecular weight is 247 g/mol. The van der Waals surface area contributed by atoms with Crippen LogP contribution >= 0.6 is 0 Å². The van der Waals surface area contributed by atoms with Crippen LogP contribution in [0, 0.1) is 0 Å². The van der Waals surface area contributed by atoms with Crippen molar-refractivity contribution >= 4 is 8.56 Å². The van der Waals surface area contributed by atoms with Gasteiger partial charge in [-0.3, -0.25) is 0 Å². The lowest BCUT2D eigenvalue weighted by atomic mass is 10.1. The fraction of sp³-hybridized carbons (Fsp3) is 1.00. The van der Waals surface area contributed by atoms with Crippen LogP contribution in [0.4, 0.5) is 0 Å². The summed E-state index contributed by atoms with van der Waals surface area (Å²) >= 11 is 0. The van der Waals surface area contributed by atoms with Crippen LogP contribution in [0.25, 0.3) is 0 Å². The predicted octanol–water partition coefficient (Wildman–Crippen LogP) is 2.91. The van der Waals surface area contributed by atoms with E-state index in [0.717, 1.165) is 18.6 Å². The Labute approximate surface area is 102 Å². The highest BCUT2D eigenvalue weighted by atomic mass is 28.4. The van der Waals surface area contributed by atoms with Crippen molar-refractivity contribution in [3.8, 4) is 0 Å². The van der Waals surface area contributed by atoms with Gasteiger partial charge in [0.05, 0.1) is 0 Å². The Kier molecular flexibility index (Phi) is 7.47. The van der Waals surface area contributed by atoms with E-state index >= 15 is 0 Å². The van der Waals surface area contributed by atoms with Gasteiger partial charge in [-0.2, -0.15) is 0 Å². The lowest BCUT2D eigenvalue weighted by Gasteiger charge is -2.26. The van der Waals surface area contributed by atoms with Crippen molar-refractivity contribution in [2.45, 2.75) is 58.2 Å². The van der Waals surface area contributed by atoms with Gasteiger partial charge in [0.2, 0.25) is 0 Å². The van der Waals surface area contributed by atoms with Crippen LogP contribution in [0.3, 0.4) is 0 Å². The molecule has 0 spiro atoms. The molecule has 0 bridgehead atoms. The Hall–Kier alpha value is 0.0969. The normalized spacial score (nSPS) is 13.1. The third-order valence-electron chi connectivity index (χ3n) is 2.92. The van der Waals surface area contributed by atoms with Gasteiger partial charge in [-0.25, -0.2) is 0 Å². The number of rotatable bonds is 8. The largest absolute Gasteiger partial charge is 0.398 e. The highest BCUT2D eigenvalue weighted by molar-refractivity contribution is 6.67. The first kappa shape index (κ1) is 16.1. The first-order valence-electron chi connectivity index (χ1n) is 6.24. The summed E-state index contributed by atoms with van der Waals surface area (Å²) in [6.07, 6.45) is 2.38. The average Bonchev–Trinajstić information content (AvgIpc) is 2.23. The van der Waals surface area contributed by atoms with Gasteiger partial charge in [-0.05, 0) is 45.8 Å². The Morgan fingerprint density at radius 1 is 1.06 bits per heavy atom. The first-order chi connectivity index (χ1) is 7.39. The molecule has 1 N–H and O–H groups in total. The summed E-state index contributed by atoms with van der Waals surface area (Å²) in [5, 5.41) is 3.50. The summed E-state index contributed by atoms with van der Waals surface area (Å²) in [5.41, 5.74) is 0.224.